The van der Waals surface area contributed by atoms with E-state index in [2.05, 4.69) is 4.98 Å². The van der Waals surface area contributed by atoms with Crippen LogP contribution in [-0.2, 0) is 23.7 Å². The fourth-order valence-electron chi connectivity index (χ4n) is 4.26. The van der Waals surface area contributed by atoms with Gasteiger partial charge < -0.3 is 9.64 Å². The Labute approximate surface area is 185 Å². The van der Waals surface area contributed by atoms with Crippen molar-refractivity contribution in [2.24, 2.45) is 0 Å². The molecule has 11 heteroatoms. The van der Waals surface area contributed by atoms with Gasteiger partial charge in [0.15, 0.2) is 0 Å². The number of fused-ring (bicyclic) bond motifs is 1. The Hall–Kier alpha value is -2.82. The van der Waals surface area contributed by atoms with Crippen molar-refractivity contribution in [3.8, 4) is 5.88 Å². The number of halogens is 6. The molecule has 0 saturated carbocycles. The standard InChI is InChI=1S/C22H21F6N3O2/c23-21(24,25)15-3-1-2-14(8-15)11-30-7-6-20(32)31-13-18(9-17(31)12-30)33-19-5-4-16(10-29-19)22(26,27)28/h1-5,8,10,17-18H,6-7,9,11-13H2/t17-,18-/m1/s1. The summed E-state index contributed by atoms with van der Waals surface area (Å²) in [4.78, 5) is 19.9. The van der Waals surface area contributed by atoms with Crippen molar-refractivity contribution in [1.82, 2.24) is 14.8 Å². The zero-order valence-corrected chi connectivity index (χ0v) is 17.4. The summed E-state index contributed by atoms with van der Waals surface area (Å²) in [6, 6.07) is 6.95. The van der Waals surface area contributed by atoms with Crippen LogP contribution in [0.3, 0.4) is 0 Å². The highest BCUT2D eigenvalue weighted by atomic mass is 19.4. The summed E-state index contributed by atoms with van der Waals surface area (Å²) in [5, 5.41) is 0. The number of carbonyl (C=O) groups is 1. The summed E-state index contributed by atoms with van der Waals surface area (Å²) in [6.45, 7) is 1.44. The molecule has 33 heavy (non-hydrogen) atoms. The third-order valence-electron chi connectivity index (χ3n) is 5.82. The summed E-state index contributed by atoms with van der Waals surface area (Å²) in [7, 11) is 0. The lowest BCUT2D eigenvalue weighted by Crippen LogP contribution is -2.38. The Morgan fingerprint density at radius 2 is 1.76 bits per heavy atom. The summed E-state index contributed by atoms with van der Waals surface area (Å²) < 4.78 is 82.8. The average molecular weight is 473 g/mol. The number of nitrogens with zero attached hydrogens (tertiary/aromatic N) is 3. The first-order chi connectivity index (χ1) is 15.5. The quantitative estimate of drug-likeness (QED) is 0.619. The number of ether oxygens (including phenoxy) is 1. The number of amides is 1. The van der Waals surface area contributed by atoms with Crippen LogP contribution >= 0.6 is 0 Å². The van der Waals surface area contributed by atoms with Gasteiger partial charge in [0, 0.05) is 50.8 Å². The molecule has 2 aliphatic rings. The van der Waals surface area contributed by atoms with Crippen molar-refractivity contribution < 1.29 is 35.9 Å². The van der Waals surface area contributed by atoms with Gasteiger partial charge in [-0.2, -0.15) is 26.3 Å². The van der Waals surface area contributed by atoms with E-state index < -0.39 is 29.6 Å². The molecule has 2 fully saturated rings. The molecular weight excluding hydrogens is 452 g/mol. The SMILES string of the molecule is O=C1CCN(Cc2cccc(C(F)(F)F)c2)C[C@H]2C[C@@H](Oc3ccc(C(F)(F)F)cn3)CN12. The van der Waals surface area contributed by atoms with Crippen molar-refractivity contribution in [1.29, 1.82) is 0 Å². The van der Waals surface area contributed by atoms with E-state index in [1.807, 2.05) is 4.90 Å². The van der Waals surface area contributed by atoms with Crippen LogP contribution in [0.25, 0.3) is 0 Å². The van der Waals surface area contributed by atoms with Crippen molar-refractivity contribution in [3.05, 3.63) is 59.3 Å². The first-order valence-electron chi connectivity index (χ1n) is 10.4. The van der Waals surface area contributed by atoms with Crippen LogP contribution in [0.5, 0.6) is 5.88 Å². The maximum Gasteiger partial charge on any atom is 0.417 e. The number of benzene rings is 1. The van der Waals surface area contributed by atoms with Gasteiger partial charge in [0.1, 0.15) is 6.10 Å². The molecule has 5 nitrogen and oxygen atoms in total. The van der Waals surface area contributed by atoms with E-state index >= 15 is 0 Å². The Bertz CT molecular complexity index is 993. The second-order valence-corrected chi connectivity index (χ2v) is 8.24. The molecule has 0 unspecified atom stereocenters. The Kier molecular flexibility index (Phi) is 6.26. The molecule has 3 heterocycles. The summed E-state index contributed by atoms with van der Waals surface area (Å²) in [6.07, 6.45) is -7.98. The highest BCUT2D eigenvalue weighted by Crippen LogP contribution is 2.32. The van der Waals surface area contributed by atoms with Crippen LogP contribution in [0.15, 0.2) is 42.6 Å². The molecule has 0 radical (unpaired) electrons. The molecule has 2 aliphatic heterocycles. The third-order valence-corrected chi connectivity index (χ3v) is 5.82. The smallest absolute Gasteiger partial charge is 0.417 e. The monoisotopic (exact) mass is 473 g/mol. The van der Waals surface area contributed by atoms with Gasteiger partial charge in [0.2, 0.25) is 11.8 Å². The van der Waals surface area contributed by atoms with E-state index in [1.54, 1.807) is 11.0 Å². The van der Waals surface area contributed by atoms with E-state index in [4.69, 9.17) is 4.74 Å². The molecule has 1 aromatic carbocycles. The Morgan fingerprint density at radius 3 is 2.42 bits per heavy atom. The molecule has 1 amide bonds. The molecule has 2 saturated heterocycles. The van der Waals surface area contributed by atoms with Crippen LogP contribution < -0.4 is 4.74 Å². The highest BCUT2D eigenvalue weighted by Gasteiger charge is 2.39. The van der Waals surface area contributed by atoms with Gasteiger partial charge >= 0.3 is 12.4 Å². The molecular formula is C22H21F6N3O2. The van der Waals surface area contributed by atoms with Gasteiger partial charge in [-0.05, 0) is 17.7 Å². The van der Waals surface area contributed by atoms with Crippen molar-refractivity contribution in [2.75, 3.05) is 19.6 Å². The van der Waals surface area contributed by atoms with Crippen LogP contribution in [0, 0.1) is 0 Å². The number of hydrogen-bond acceptors (Lipinski definition) is 4. The molecule has 0 aliphatic carbocycles. The molecule has 178 valence electrons. The topological polar surface area (TPSA) is 45.7 Å². The first-order valence-corrected chi connectivity index (χ1v) is 10.4. The minimum absolute atomic E-state index is 0.0407. The normalized spacial score (nSPS) is 22.2. The van der Waals surface area contributed by atoms with E-state index in [9.17, 15) is 31.1 Å². The third kappa shape index (κ3) is 5.58. The maximum atomic E-state index is 13.0. The summed E-state index contributed by atoms with van der Waals surface area (Å²) in [5.74, 6) is -0.0445. The number of pyridine rings is 1. The summed E-state index contributed by atoms with van der Waals surface area (Å²) in [5.41, 5.74) is -1.09. The fraction of sp³-hybridized carbons (Fsp3) is 0.455. The molecule has 2 atom stereocenters. The lowest BCUT2D eigenvalue weighted by atomic mass is 10.1. The van der Waals surface area contributed by atoms with E-state index in [0.29, 0.717) is 31.3 Å². The lowest BCUT2D eigenvalue weighted by molar-refractivity contribution is -0.138. The van der Waals surface area contributed by atoms with Crippen LogP contribution in [0.2, 0.25) is 0 Å². The van der Waals surface area contributed by atoms with Gasteiger partial charge in [-0.1, -0.05) is 18.2 Å². The van der Waals surface area contributed by atoms with Crippen molar-refractivity contribution in [2.45, 2.75) is 43.9 Å². The number of aromatic nitrogens is 1. The maximum absolute atomic E-state index is 13.0. The minimum atomic E-state index is -4.49. The highest BCUT2D eigenvalue weighted by molar-refractivity contribution is 5.77. The molecule has 0 N–H and O–H groups in total. The molecule has 0 bridgehead atoms. The Balaban J connectivity index is 1.40. The summed E-state index contributed by atoms with van der Waals surface area (Å²) >= 11 is 0. The van der Waals surface area contributed by atoms with E-state index in [1.165, 1.54) is 6.07 Å². The number of hydrogen-bond donors (Lipinski definition) is 0. The van der Waals surface area contributed by atoms with Gasteiger partial charge in [-0.3, -0.25) is 9.69 Å². The lowest BCUT2D eigenvalue weighted by Gasteiger charge is -2.25. The zero-order valence-electron chi connectivity index (χ0n) is 17.4. The van der Waals surface area contributed by atoms with Gasteiger partial charge in [0.25, 0.3) is 0 Å². The molecule has 4 rings (SSSR count). The van der Waals surface area contributed by atoms with Crippen molar-refractivity contribution >= 4 is 5.91 Å². The van der Waals surface area contributed by atoms with Gasteiger partial charge in [0.05, 0.1) is 17.7 Å². The van der Waals surface area contributed by atoms with E-state index in [0.717, 1.165) is 24.3 Å². The number of rotatable bonds is 4. The Morgan fingerprint density at radius 1 is 1.00 bits per heavy atom. The molecule has 2 aromatic rings. The predicted molar refractivity (Wildman–Crippen MR) is 105 cm³/mol. The molecule has 1 aromatic heterocycles. The predicted octanol–water partition coefficient (Wildman–Crippen LogP) is 4.37. The zero-order chi connectivity index (χ0) is 23.8. The van der Waals surface area contributed by atoms with Crippen molar-refractivity contribution in [3.63, 3.8) is 0 Å². The largest absolute Gasteiger partial charge is 0.472 e. The number of alkyl halides is 6. The first kappa shape index (κ1) is 23.3. The van der Waals surface area contributed by atoms with Crippen LogP contribution in [0.1, 0.15) is 29.5 Å². The average Bonchev–Trinajstić information content (AvgIpc) is 3.07. The second-order valence-electron chi connectivity index (χ2n) is 8.24. The minimum Gasteiger partial charge on any atom is -0.472 e. The fourth-order valence-corrected chi connectivity index (χ4v) is 4.26. The second kappa shape index (κ2) is 8.85. The van der Waals surface area contributed by atoms with E-state index in [-0.39, 0.29) is 37.3 Å². The van der Waals surface area contributed by atoms with Gasteiger partial charge in [-0.25, -0.2) is 4.98 Å². The van der Waals surface area contributed by atoms with Gasteiger partial charge in [-0.15, -0.1) is 0 Å². The van der Waals surface area contributed by atoms with Crippen LogP contribution in [-0.4, -0.2) is 52.5 Å². The van der Waals surface area contributed by atoms with Crippen LogP contribution in [0.4, 0.5) is 26.3 Å². The molecule has 0 spiro atoms. The number of carbonyl (C=O) groups excluding carboxylic acids is 1.